The zero-order valence-corrected chi connectivity index (χ0v) is 17.5. The molecule has 8 heteroatoms. The van der Waals surface area contributed by atoms with Crippen LogP contribution in [0.15, 0.2) is 53.3 Å². The summed E-state index contributed by atoms with van der Waals surface area (Å²) in [7, 11) is 0. The van der Waals surface area contributed by atoms with Gasteiger partial charge in [-0.3, -0.25) is 0 Å². The van der Waals surface area contributed by atoms with Crippen molar-refractivity contribution in [2.45, 2.75) is 19.6 Å². The average molecular weight is 431 g/mol. The Hall–Kier alpha value is -3.00. The molecule has 30 heavy (non-hydrogen) atoms. The molecule has 0 atom stereocenters. The molecular weight excluding hydrogens is 411 g/mol. The number of nitrogens with zero attached hydrogens (tertiary/aromatic N) is 2. The third-order valence-electron chi connectivity index (χ3n) is 4.09. The molecule has 4 nitrogen and oxygen atoms in total. The fourth-order valence-corrected chi connectivity index (χ4v) is 3.43. The Kier molecular flexibility index (Phi) is 6.99. The SMILES string of the molecule is CC.CSCc1cc(F)cc(Nc2ncc(F)c(-c3ccc(F)c4ccoc34)n2)c1. The monoisotopic (exact) mass is 431 g/mol. The molecule has 2 heterocycles. The van der Waals surface area contributed by atoms with Gasteiger partial charge in [-0.1, -0.05) is 13.8 Å². The zero-order valence-electron chi connectivity index (χ0n) is 16.7. The van der Waals surface area contributed by atoms with E-state index < -0.39 is 17.5 Å². The molecule has 0 saturated carbocycles. The quantitative estimate of drug-likeness (QED) is 0.371. The molecule has 4 rings (SSSR count). The Labute approximate surface area is 176 Å². The summed E-state index contributed by atoms with van der Waals surface area (Å²) in [6, 6.07) is 8.61. The van der Waals surface area contributed by atoms with E-state index in [9.17, 15) is 13.2 Å². The van der Waals surface area contributed by atoms with Crippen LogP contribution >= 0.6 is 11.8 Å². The van der Waals surface area contributed by atoms with Crippen molar-refractivity contribution in [2.75, 3.05) is 11.6 Å². The Morgan fingerprint density at radius 3 is 2.60 bits per heavy atom. The van der Waals surface area contributed by atoms with Crippen LogP contribution in [0, 0.1) is 17.5 Å². The fourth-order valence-electron chi connectivity index (χ4n) is 2.93. The molecule has 0 fully saturated rings. The number of furan rings is 1. The molecule has 4 aromatic rings. The maximum atomic E-state index is 14.4. The Balaban J connectivity index is 0.00000124. The number of fused-ring (bicyclic) bond motifs is 1. The van der Waals surface area contributed by atoms with Gasteiger partial charge in [-0.15, -0.1) is 0 Å². The van der Waals surface area contributed by atoms with Gasteiger partial charge in [0.15, 0.2) is 5.82 Å². The van der Waals surface area contributed by atoms with E-state index in [0.29, 0.717) is 17.0 Å². The molecule has 2 aromatic carbocycles. The van der Waals surface area contributed by atoms with Gasteiger partial charge in [-0.05, 0) is 48.2 Å². The molecular formula is C22H20F3N3OS. The topological polar surface area (TPSA) is 51.0 Å². The van der Waals surface area contributed by atoms with E-state index in [0.717, 1.165) is 11.8 Å². The summed E-state index contributed by atoms with van der Waals surface area (Å²) >= 11 is 1.57. The highest BCUT2D eigenvalue weighted by Crippen LogP contribution is 2.32. The van der Waals surface area contributed by atoms with Crippen molar-refractivity contribution in [3.8, 4) is 11.3 Å². The van der Waals surface area contributed by atoms with E-state index in [4.69, 9.17) is 4.42 Å². The highest BCUT2D eigenvalue weighted by Gasteiger charge is 2.17. The van der Waals surface area contributed by atoms with Gasteiger partial charge in [0.25, 0.3) is 0 Å². The van der Waals surface area contributed by atoms with Gasteiger partial charge in [0, 0.05) is 17.0 Å². The Morgan fingerprint density at radius 1 is 1.03 bits per heavy atom. The number of benzene rings is 2. The standard InChI is InChI=1S/C20H14F3N3OS.C2H6/c1-28-10-11-6-12(21)8-13(7-11)25-20-24-9-17(23)18(26-20)15-2-3-16(22)14-4-5-27-19(14)15;1-2/h2-9H,10H2,1H3,(H,24,25,26);1-2H3. The molecule has 0 amide bonds. The van der Waals surface area contributed by atoms with Gasteiger partial charge in [0.1, 0.15) is 22.9 Å². The van der Waals surface area contributed by atoms with Crippen molar-refractivity contribution in [1.82, 2.24) is 9.97 Å². The molecule has 0 radical (unpaired) electrons. The molecule has 0 aliphatic carbocycles. The van der Waals surface area contributed by atoms with E-state index in [1.807, 2.05) is 20.1 Å². The third-order valence-corrected chi connectivity index (χ3v) is 4.71. The summed E-state index contributed by atoms with van der Waals surface area (Å²) in [6.07, 6.45) is 4.26. The summed E-state index contributed by atoms with van der Waals surface area (Å²) in [5.74, 6) is -0.819. The van der Waals surface area contributed by atoms with Gasteiger partial charge in [-0.25, -0.2) is 23.1 Å². The summed E-state index contributed by atoms with van der Waals surface area (Å²) < 4.78 is 47.4. The van der Waals surface area contributed by atoms with E-state index in [-0.39, 0.29) is 22.6 Å². The Bertz CT molecular complexity index is 1160. The number of anilines is 2. The minimum Gasteiger partial charge on any atom is -0.464 e. The van der Waals surface area contributed by atoms with Gasteiger partial charge in [-0.2, -0.15) is 11.8 Å². The summed E-state index contributed by atoms with van der Waals surface area (Å²) in [5.41, 5.74) is 1.69. The van der Waals surface area contributed by atoms with Gasteiger partial charge >= 0.3 is 0 Å². The average Bonchev–Trinajstić information content (AvgIpc) is 3.22. The van der Waals surface area contributed by atoms with E-state index in [1.165, 1.54) is 36.6 Å². The van der Waals surface area contributed by atoms with Crippen LogP contribution < -0.4 is 5.32 Å². The minimum absolute atomic E-state index is 0.0433. The second-order valence-electron chi connectivity index (χ2n) is 6.05. The first-order valence-electron chi connectivity index (χ1n) is 9.29. The number of halogens is 3. The number of aromatic nitrogens is 2. The first-order chi connectivity index (χ1) is 14.5. The van der Waals surface area contributed by atoms with Crippen molar-refractivity contribution in [3.05, 3.63) is 71.9 Å². The fraction of sp³-hybridized carbons (Fsp3) is 0.182. The highest BCUT2D eigenvalue weighted by molar-refractivity contribution is 7.97. The van der Waals surface area contributed by atoms with Crippen LogP contribution in [-0.2, 0) is 5.75 Å². The molecule has 0 aliphatic heterocycles. The van der Waals surface area contributed by atoms with Gasteiger partial charge < -0.3 is 9.73 Å². The molecule has 0 bridgehead atoms. The van der Waals surface area contributed by atoms with E-state index >= 15 is 0 Å². The molecule has 156 valence electrons. The Morgan fingerprint density at radius 2 is 1.83 bits per heavy atom. The summed E-state index contributed by atoms with van der Waals surface area (Å²) in [6.45, 7) is 4.00. The highest BCUT2D eigenvalue weighted by atomic mass is 32.2. The van der Waals surface area contributed by atoms with E-state index in [1.54, 1.807) is 17.8 Å². The normalized spacial score (nSPS) is 10.6. The van der Waals surface area contributed by atoms with E-state index in [2.05, 4.69) is 15.3 Å². The first-order valence-corrected chi connectivity index (χ1v) is 10.7. The molecule has 0 aliphatic rings. The zero-order chi connectivity index (χ0) is 21.7. The second-order valence-corrected chi connectivity index (χ2v) is 6.92. The maximum absolute atomic E-state index is 14.4. The predicted octanol–water partition coefficient (Wildman–Crippen LogP) is 6.94. The van der Waals surface area contributed by atoms with Crippen LogP contribution in [0.4, 0.5) is 24.8 Å². The number of thioether (sulfide) groups is 1. The van der Waals surface area contributed by atoms with Crippen molar-refractivity contribution in [2.24, 2.45) is 0 Å². The second kappa shape index (κ2) is 9.67. The summed E-state index contributed by atoms with van der Waals surface area (Å²) in [5, 5.41) is 3.12. The smallest absolute Gasteiger partial charge is 0.227 e. The van der Waals surface area contributed by atoms with Crippen molar-refractivity contribution >= 4 is 34.4 Å². The first kappa shape index (κ1) is 21.7. The summed E-state index contributed by atoms with van der Waals surface area (Å²) in [4.78, 5) is 8.12. The van der Waals surface area contributed by atoms with Crippen LogP contribution in [0.1, 0.15) is 19.4 Å². The van der Waals surface area contributed by atoms with Crippen LogP contribution in [0.25, 0.3) is 22.2 Å². The lowest BCUT2D eigenvalue weighted by Crippen LogP contribution is -2.01. The molecule has 0 unspecified atom stereocenters. The van der Waals surface area contributed by atoms with Gasteiger partial charge in [0.05, 0.1) is 17.8 Å². The van der Waals surface area contributed by atoms with Gasteiger partial charge in [0.2, 0.25) is 5.95 Å². The number of hydrogen-bond acceptors (Lipinski definition) is 5. The molecule has 0 spiro atoms. The van der Waals surface area contributed by atoms with Crippen LogP contribution in [0.5, 0.6) is 0 Å². The third kappa shape index (κ3) is 4.59. The number of nitrogens with one attached hydrogen (secondary N) is 1. The number of hydrogen-bond donors (Lipinski definition) is 1. The van der Waals surface area contributed by atoms with Crippen LogP contribution in [0.3, 0.4) is 0 Å². The maximum Gasteiger partial charge on any atom is 0.227 e. The lowest BCUT2D eigenvalue weighted by Gasteiger charge is -2.10. The number of rotatable bonds is 5. The molecule has 1 N–H and O–H groups in total. The minimum atomic E-state index is -0.683. The predicted molar refractivity (Wildman–Crippen MR) is 115 cm³/mol. The lowest BCUT2D eigenvalue weighted by molar-refractivity contribution is 0.605. The van der Waals surface area contributed by atoms with Crippen LogP contribution in [0.2, 0.25) is 0 Å². The molecule has 0 saturated heterocycles. The van der Waals surface area contributed by atoms with Crippen molar-refractivity contribution in [1.29, 1.82) is 0 Å². The largest absolute Gasteiger partial charge is 0.464 e. The lowest BCUT2D eigenvalue weighted by atomic mass is 10.1. The van der Waals surface area contributed by atoms with Crippen molar-refractivity contribution < 1.29 is 17.6 Å². The van der Waals surface area contributed by atoms with Crippen molar-refractivity contribution in [3.63, 3.8) is 0 Å². The molecule has 2 aromatic heterocycles. The van der Waals surface area contributed by atoms with Crippen LogP contribution in [-0.4, -0.2) is 16.2 Å².